The summed E-state index contributed by atoms with van der Waals surface area (Å²) in [6, 6.07) is 0. The molecule has 0 aromatic carbocycles. The molecule has 0 aromatic heterocycles. The molecule has 0 aliphatic carbocycles. The first-order chi connectivity index (χ1) is 20.6. The Morgan fingerprint density at radius 2 is 0.524 bits per heavy atom. The number of carbonyl (C=O) groups excluding carboxylic acids is 2. The third-order valence-corrected chi connectivity index (χ3v) is 7.79. The molecule has 0 saturated heterocycles. The largest absolute Gasteiger partial charge is 0.370 e. The summed E-state index contributed by atoms with van der Waals surface area (Å²) < 4.78 is 0. The highest BCUT2D eigenvalue weighted by atomic mass is 16.1. The summed E-state index contributed by atoms with van der Waals surface area (Å²) in [4.78, 5) is 21.4. The molecule has 0 fully saturated rings. The molecule has 242 valence electrons. The molecule has 0 heterocycles. The van der Waals surface area contributed by atoms with Crippen LogP contribution in [-0.4, -0.2) is 11.8 Å². The lowest BCUT2D eigenvalue weighted by atomic mass is 10.0. The second kappa shape index (κ2) is 35.1. The average molecular weight is 585 g/mol. The van der Waals surface area contributed by atoms with Crippen molar-refractivity contribution in [3.63, 3.8) is 0 Å². The Labute approximate surface area is 260 Å². The van der Waals surface area contributed by atoms with Crippen molar-refractivity contribution in [2.45, 2.75) is 180 Å². The molecule has 0 spiro atoms. The van der Waals surface area contributed by atoms with Gasteiger partial charge in [0.15, 0.2) is 0 Å². The molecule has 4 N–H and O–H groups in total. The zero-order valence-electron chi connectivity index (χ0n) is 27.4. The van der Waals surface area contributed by atoms with Crippen molar-refractivity contribution < 1.29 is 9.59 Å². The molecule has 0 saturated carbocycles. The third-order valence-electron chi connectivity index (χ3n) is 7.79. The van der Waals surface area contributed by atoms with Gasteiger partial charge >= 0.3 is 0 Å². The summed E-state index contributed by atoms with van der Waals surface area (Å²) >= 11 is 0. The zero-order chi connectivity index (χ0) is 30.6. The molecule has 0 unspecified atom stereocenters. The van der Waals surface area contributed by atoms with Crippen LogP contribution in [0.4, 0.5) is 0 Å². The van der Waals surface area contributed by atoms with E-state index < -0.39 is 0 Å². The van der Waals surface area contributed by atoms with Crippen LogP contribution in [0.25, 0.3) is 0 Å². The first kappa shape index (κ1) is 39.9. The lowest BCUT2D eigenvalue weighted by Gasteiger charge is -2.02. The number of hydrogen-bond acceptors (Lipinski definition) is 2. The SMILES string of the molecule is NC(=O)CCCCCCCC=CCC=CCCCCCCCCCCCCC=CCC=CCCCCCCCC(N)=O. The fourth-order valence-corrected chi connectivity index (χ4v) is 5.14. The van der Waals surface area contributed by atoms with Crippen LogP contribution in [0.1, 0.15) is 180 Å². The molecular formula is C38H68N2O2. The maximum Gasteiger partial charge on any atom is 0.217 e. The van der Waals surface area contributed by atoms with E-state index in [0.29, 0.717) is 12.8 Å². The predicted molar refractivity (Wildman–Crippen MR) is 184 cm³/mol. The molecular weight excluding hydrogens is 516 g/mol. The van der Waals surface area contributed by atoms with Crippen LogP contribution in [-0.2, 0) is 9.59 Å². The van der Waals surface area contributed by atoms with Crippen LogP contribution in [0.3, 0.4) is 0 Å². The van der Waals surface area contributed by atoms with E-state index in [1.807, 2.05) is 0 Å². The number of amides is 2. The monoisotopic (exact) mass is 585 g/mol. The van der Waals surface area contributed by atoms with Crippen molar-refractivity contribution >= 4 is 11.8 Å². The van der Waals surface area contributed by atoms with Crippen molar-refractivity contribution in [3.8, 4) is 0 Å². The van der Waals surface area contributed by atoms with E-state index in [9.17, 15) is 9.59 Å². The molecule has 0 atom stereocenters. The lowest BCUT2D eigenvalue weighted by Crippen LogP contribution is -2.09. The van der Waals surface area contributed by atoms with Gasteiger partial charge in [0.2, 0.25) is 11.8 Å². The van der Waals surface area contributed by atoms with Crippen LogP contribution in [0.5, 0.6) is 0 Å². The molecule has 0 rings (SSSR count). The molecule has 0 bridgehead atoms. The Morgan fingerprint density at radius 3 is 0.762 bits per heavy atom. The quantitative estimate of drug-likeness (QED) is 0.0593. The number of nitrogens with two attached hydrogens (primary N) is 2. The average Bonchev–Trinajstić information content (AvgIpc) is 2.96. The van der Waals surface area contributed by atoms with Gasteiger partial charge in [0.1, 0.15) is 0 Å². The van der Waals surface area contributed by atoms with E-state index in [1.54, 1.807) is 0 Å². The topological polar surface area (TPSA) is 86.2 Å². The Bertz CT molecular complexity index is 648. The molecule has 0 aromatic rings. The van der Waals surface area contributed by atoms with Crippen LogP contribution >= 0.6 is 0 Å². The fourth-order valence-electron chi connectivity index (χ4n) is 5.14. The molecule has 0 aliphatic rings. The summed E-state index contributed by atoms with van der Waals surface area (Å²) in [5.74, 6) is -0.344. The molecule has 42 heavy (non-hydrogen) atoms. The molecule has 0 radical (unpaired) electrons. The fraction of sp³-hybridized carbons (Fsp3) is 0.737. The van der Waals surface area contributed by atoms with Crippen molar-refractivity contribution in [1.29, 1.82) is 0 Å². The Hall–Kier alpha value is -2.10. The predicted octanol–water partition coefficient (Wildman–Crippen LogP) is 11.1. The van der Waals surface area contributed by atoms with Gasteiger partial charge in [-0.3, -0.25) is 9.59 Å². The van der Waals surface area contributed by atoms with Gasteiger partial charge in [-0.25, -0.2) is 0 Å². The van der Waals surface area contributed by atoms with Gasteiger partial charge in [-0.05, 0) is 77.0 Å². The van der Waals surface area contributed by atoms with Crippen molar-refractivity contribution in [2.75, 3.05) is 0 Å². The number of allylic oxidation sites excluding steroid dienone is 8. The van der Waals surface area contributed by atoms with Gasteiger partial charge < -0.3 is 11.5 Å². The van der Waals surface area contributed by atoms with Crippen molar-refractivity contribution in [2.24, 2.45) is 11.5 Å². The van der Waals surface area contributed by atoms with Crippen molar-refractivity contribution in [1.82, 2.24) is 0 Å². The minimum Gasteiger partial charge on any atom is -0.370 e. The second-order valence-electron chi connectivity index (χ2n) is 12.0. The molecule has 4 heteroatoms. The van der Waals surface area contributed by atoms with E-state index in [0.717, 1.165) is 38.5 Å². The van der Waals surface area contributed by atoms with E-state index in [2.05, 4.69) is 48.6 Å². The van der Waals surface area contributed by atoms with Crippen LogP contribution in [0, 0.1) is 0 Å². The Morgan fingerprint density at radius 1 is 0.310 bits per heavy atom. The third kappa shape index (κ3) is 37.9. The second-order valence-corrected chi connectivity index (χ2v) is 12.0. The van der Waals surface area contributed by atoms with E-state index >= 15 is 0 Å². The first-order valence-corrected chi connectivity index (χ1v) is 17.8. The van der Waals surface area contributed by atoms with Gasteiger partial charge in [-0.1, -0.05) is 138 Å². The van der Waals surface area contributed by atoms with Crippen molar-refractivity contribution in [3.05, 3.63) is 48.6 Å². The minimum absolute atomic E-state index is 0.172. The number of hydrogen-bond donors (Lipinski definition) is 2. The van der Waals surface area contributed by atoms with E-state index in [1.165, 1.54) is 128 Å². The van der Waals surface area contributed by atoms with E-state index in [-0.39, 0.29) is 11.8 Å². The number of rotatable bonds is 33. The summed E-state index contributed by atoms with van der Waals surface area (Å²) in [5, 5.41) is 0. The zero-order valence-corrected chi connectivity index (χ0v) is 27.4. The highest BCUT2D eigenvalue weighted by Crippen LogP contribution is 2.13. The maximum atomic E-state index is 10.7. The first-order valence-electron chi connectivity index (χ1n) is 17.8. The summed E-state index contributed by atoms with van der Waals surface area (Å²) in [6.07, 6.45) is 52.0. The van der Waals surface area contributed by atoms with Gasteiger partial charge in [-0.15, -0.1) is 0 Å². The minimum atomic E-state index is -0.172. The summed E-state index contributed by atoms with van der Waals surface area (Å²) in [5.41, 5.74) is 10.3. The lowest BCUT2D eigenvalue weighted by molar-refractivity contribution is -0.119. The highest BCUT2D eigenvalue weighted by molar-refractivity contribution is 5.73. The standard InChI is InChI=1S/C38H68N2O2/c39-37(41)35-33-31-29-27-25-23-21-19-17-15-13-11-9-7-5-3-1-2-4-6-8-10-12-14-16-18-20-22-24-26-28-30-32-34-36-38(40)42/h13-16,19-22H,1-12,17-18,23-36H2,(H2,39,41)(H2,40,42). The highest BCUT2D eigenvalue weighted by Gasteiger charge is 1.96. The molecule has 4 nitrogen and oxygen atoms in total. The summed E-state index contributed by atoms with van der Waals surface area (Å²) in [7, 11) is 0. The van der Waals surface area contributed by atoms with Gasteiger partial charge in [0, 0.05) is 12.8 Å². The number of primary amides is 2. The molecule has 2 amide bonds. The molecule has 0 aliphatic heterocycles. The smallest absolute Gasteiger partial charge is 0.217 e. The van der Waals surface area contributed by atoms with Gasteiger partial charge in [-0.2, -0.15) is 0 Å². The maximum absolute atomic E-state index is 10.7. The van der Waals surface area contributed by atoms with Crippen LogP contribution in [0.15, 0.2) is 48.6 Å². The normalized spacial score (nSPS) is 12.1. The van der Waals surface area contributed by atoms with E-state index in [4.69, 9.17) is 11.5 Å². The Balaban J connectivity index is 3.24. The Kier molecular flexibility index (Phi) is 33.3. The van der Waals surface area contributed by atoms with Crippen LogP contribution < -0.4 is 11.5 Å². The van der Waals surface area contributed by atoms with Gasteiger partial charge in [0.25, 0.3) is 0 Å². The number of carbonyl (C=O) groups is 2. The van der Waals surface area contributed by atoms with Gasteiger partial charge in [0.05, 0.1) is 0 Å². The van der Waals surface area contributed by atoms with Crippen LogP contribution in [0.2, 0.25) is 0 Å². The summed E-state index contributed by atoms with van der Waals surface area (Å²) in [6.45, 7) is 0. The number of unbranched alkanes of at least 4 members (excludes halogenated alkanes) is 21.